The Labute approximate surface area is 76.1 Å². The molecule has 0 radical (unpaired) electrons. The third-order valence-electron chi connectivity index (χ3n) is 1.92. The maximum absolute atomic E-state index is 10.9. The van der Waals surface area contributed by atoms with E-state index >= 15 is 0 Å². The van der Waals surface area contributed by atoms with Crippen molar-refractivity contribution in [2.45, 2.75) is 12.8 Å². The quantitative estimate of drug-likeness (QED) is 0.588. The lowest BCUT2D eigenvalue weighted by atomic mass is 10.1. The van der Waals surface area contributed by atoms with Crippen LogP contribution in [-0.2, 0) is 14.3 Å². The van der Waals surface area contributed by atoms with Gasteiger partial charge in [0.2, 0.25) is 5.91 Å². The third-order valence-corrected chi connectivity index (χ3v) is 1.92. The molecule has 1 atom stereocenters. The molecule has 13 heavy (non-hydrogen) atoms. The van der Waals surface area contributed by atoms with Gasteiger partial charge in [0.1, 0.15) is 6.42 Å². The number of carboxylic acids is 1. The van der Waals surface area contributed by atoms with Gasteiger partial charge in [-0.2, -0.15) is 0 Å². The first-order valence-corrected chi connectivity index (χ1v) is 4.24. The Balaban J connectivity index is 2.10. The lowest BCUT2D eigenvalue weighted by Gasteiger charge is -2.07. The Hall–Kier alpha value is -1.10. The zero-order chi connectivity index (χ0) is 9.68. The molecule has 0 aromatic heterocycles. The first kappa shape index (κ1) is 9.98. The molecule has 0 aromatic rings. The van der Waals surface area contributed by atoms with Gasteiger partial charge in [-0.3, -0.25) is 9.59 Å². The Bertz CT molecular complexity index is 198. The van der Waals surface area contributed by atoms with Gasteiger partial charge in [0, 0.05) is 19.1 Å². The average Bonchev–Trinajstić information content (AvgIpc) is 2.51. The Morgan fingerprint density at radius 2 is 2.31 bits per heavy atom. The maximum Gasteiger partial charge on any atom is 0.312 e. The lowest BCUT2D eigenvalue weighted by Crippen LogP contribution is -2.30. The van der Waals surface area contributed by atoms with E-state index in [-0.39, 0.29) is 0 Å². The molecule has 74 valence electrons. The molecule has 0 aliphatic carbocycles. The molecular weight excluding hydrogens is 174 g/mol. The summed E-state index contributed by atoms with van der Waals surface area (Å²) in [7, 11) is 0. The summed E-state index contributed by atoms with van der Waals surface area (Å²) in [6, 6.07) is 0. The molecular formula is C8H13NO4. The number of hydrogen-bond donors (Lipinski definition) is 2. The summed E-state index contributed by atoms with van der Waals surface area (Å²) in [5.41, 5.74) is 0. The Morgan fingerprint density at radius 1 is 1.54 bits per heavy atom. The van der Waals surface area contributed by atoms with E-state index in [1.807, 2.05) is 0 Å². The number of carboxylic acid groups (broad SMARTS) is 1. The topological polar surface area (TPSA) is 75.6 Å². The van der Waals surface area contributed by atoms with Crippen LogP contribution in [0.2, 0.25) is 0 Å². The number of aliphatic carboxylic acids is 1. The average molecular weight is 187 g/mol. The van der Waals surface area contributed by atoms with E-state index in [9.17, 15) is 9.59 Å². The highest BCUT2D eigenvalue weighted by molar-refractivity contribution is 5.93. The molecule has 1 unspecified atom stereocenters. The van der Waals surface area contributed by atoms with Crippen molar-refractivity contribution in [1.29, 1.82) is 0 Å². The van der Waals surface area contributed by atoms with Crippen LogP contribution in [0.5, 0.6) is 0 Å². The van der Waals surface area contributed by atoms with Crippen molar-refractivity contribution in [3.8, 4) is 0 Å². The molecule has 1 heterocycles. The molecule has 0 saturated carbocycles. The number of nitrogens with one attached hydrogen (secondary N) is 1. The van der Waals surface area contributed by atoms with Crippen LogP contribution in [0.3, 0.4) is 0 Å². The fourth-order valence-corrected chi connectivity index (χ4v) is 1.20. The van der Waals surface area contributed by atoms with E-state index in [2.05, 4.69) is 5.32 Å². The second kappa shape index (κ2) is 4.81. The highest BCUT2D eigenvalue weighted by atomic mass is 16.5. The van der Waals surface area contributed by atoms with Crippen LogP contribution in [-0.4, -0.2) is 36.7 Å². The summed E-state index contributed by atoms with van der Waals surface area (Å²) in [5.74, 6) is -1.18. The molecule has 1 aliphatic heterocycles. The van der Waals surface area contributed by atoms with Crippen LogP contribution in [0.25, 0.3) is 0 Å². The predicted molar refractivity (Wildman–Crippen MR) is 44.2 cm³/mol. The monoisotopic (exact) mass is 187 g/mol. The van der Waals surface area contributed by atoms with E-state index in [0.717, 1.165) is 13.0 Å². The summed E-state index contributed by atoms with van der Waals surface area (Å²) in [4.78, 5) is 21.0. The normalized spacial score (nSPS) is 21.4. The fourth-order valence-electron chi connectivity index (χ4n) is 1.20. The highest BCUT2D eigenvalue weighted by Gasteiger charge is 2.16. The lowest BCUT2D eigenvalue weighted by molar-refractivity contribution is -0.140. The number of carbonyl (C=O) groups is 2. The van der Waals surface area contributed by atoms with E-state index < -0.39 is 18.3 Å². The molecule has 1 aliphatic rings. The molecule has 1 saturated heterocycles. The smallest absolute Gasteiger partial charge is 0.312 e. The highest BCUT2D eigenvalue weighted by Crippen LogP contribution is 2.10. The van der Waals surface area contributed by atoms with Crippen molar-refractivity contribution in [3.63, 3.8) is 0 Å². The van der Waals surface area contributed by atoms with Crippen LogP contribution < -0.4 is 5.32 Å². The molecule has 5 nitrogen and oxygen atoms in total. The van der Waals surface area contributed by atoms with Gasteiger partial charge in [-0.1, -0.05) is 0 Å². The zero-order valence-electron chi connectivity index (χ0n) is 7.28. The van der Waals surface area contributed by atoms with Crippen molar-refractivity contribution in [3.05, 3.63) is 0 Å². The van der Waals surface area contributed by atoms with Gasteiger partial charge >= 0.3 is 5.97 Å². The first-order valence-electron chi connectivity index (χ1n) is 4.24. The Kier molecular flexibility index (Phi) is 3.70. The summed E-state index contributed by atoms with van der Waals surface area (Å²) < 4.78 is 5.10. The Morgan fingerprint density at radius 3 is 2.85 bits per heavy atom. The summed E-state index contributed by atoms with van der Waals surface area (Å²) in [6.07, 6.45) is 0.487. The van der Waals surface area contributed by atoms with Crippen molar-refractivity contribution in [2.24, 2.45) is 5.92 Å². The van der Waals surface area contributed by atoms with Crippen LogP contribution in [0, 0.1) is 5.92 Å². The van der Waals surface area contributed by atoms with Gasteiger partial charge in [0.05, 0.1) is 6.61 Å². The zero-order valence-corrected chi connectivity index (χ0v) is 7.28. The molecule has 1 rings (SSSR count). The van der Waals surface area contributed by atoms with Crippen LogP contribution in [0.1, 0.15) is 12.8 Å². The second-order valence-corrected chi connectivity index (χ2v) is 3.10. The van der Waals surface area contributed by atoms with Gasteiger partial charge in [0.15, 0.2) is 0 Å². The van der Waals surface area contributed by atoms with Crippen molar-refractivity contribution < 1.29 is 19.4 Å². The second-order valence-electron chi connectivity index (χ2n) is 3.10. The van der Waals surface area contributed by atoms with Gasteiger partial charge in [-0.25, -0.2) is 0 Å². The number of hydrogen-bond acceptors (Lipinski definition) is 3. The van der Waals surface area contributed by atoms with E-state index in [1.165, 1.54) is 0 Å². The largest absolute Gasteiger partial charge is 0.481 e. The van der Waals surface area contributed by atoms with Crippen molar-refractivity contribution in [2.75, 3.05) is 19.8 Å². The van der Waals surface area contributed by atoms with Crippen LogP contribution >= 0.6 is 0 Å². The molecule has 1 fully saturated rings. The van der Waals surface area contributed by atoms with Crippen molar-refractivity contribution >= 4 is 11.9 Å². The van der Waals surface area contributed by atoms with E-state index in [0.29, 0.717) is 19.1 Å². The maximum atomic E-state index is 10.9. The van der Waals surface area contributed by atoms with E-state index in [4.69, 9.17) is 9.84 Å². The summed E-state index contributed by atoms with van der Waals surface area (Å²) in [6.45, 7) is 1.92. The van der Waals surface area contributed by atoms with Crippen molar-refractivity contribution in [1.82, 2.24) is 5.32 Å². The number of rotatable bonds is 4. The number of ether oxygens (including phenoxy) is 1. The first-order chi connectivity index (χ1) is 6.18. The van der Waals surface area contributed by atoms with Gasteiger partial charge in [0.25, 0.3) is 0 Å². The molecule has 1 amide bonds. The number of amides is 1. The standard InChI is InChI=1S/C8H13NO4/c10-7(3-8(11)12)9-4-6-1-2-13-5-6/h6H,1-5H2,(H,9,10)(H,11,12). The fraction of sp³-hybridized carbons (Fsp3) is 0.750. The third kappa shape index (κ3) is 3.89. The molecule has 5 heteroatoms. The number of carbonyl (C=O) groups excluding carboxylic acids is 1. The molecule has 0 bridgehead atoms. The van der Waals surface area contributed by atoms with Gasteiger partial charge < -0.3 is 15.2 Å². The molecule has 0 spiro atoms. The predicted octanol–water partition coefficient (Wildman–Crippen LogP) is -0.386. The minimum Gasteiger partial charge on any atom is -0.481 e. The minimum atomic E-state index is -1.10. The molecule has 0 aromatic carbocycles. The van der Waals surface area contributed by atoms with Crippen LogP contribution in [0.4, 0.5) is 0 Å². The van der Waals surface area contributed by atoms with E-state index in [1.54, 1.807) is 0 Å². The van der Waals surface area contributed by atoms with Gasteiger partial charge in [-0.15, -0.1) is 0 Å². The van der Waals surface area contributed by atoms with Gasteiger partial charge in [-0.05, 0) is 6.42 Å². The molecule has 2 N–H and O–H groups in total. The minimum absolute atomic E-state index is 0.345. The summed E-state index contributed by atoms with van der Waals surface area (Å²) in [5, 5.41) is 10.8. The summed E-state index contributed by atoms with van der Waals surface area (Å²) >= 11 is 0. The SMILES string of the molecule is O=C(O)CC(=O)NCC1CCOC1. The van der Waals surface area contributed by atoms with Crippen LogP contribution in [0.15, 0.2) is 0 Å².